The Kier molecular flexibility index (Phi) is 5.12. The molecule has 0 radical (unpaired) electrons. The molecule has 2 N–H and O–H groups in total. The normalized spacial score (nSPS) is 11.7. The minimum atomic E-state index is -0.699. The lowest BCUT2D eigenvalue weighted by Gasteiger charge is -2.11. The fraction of sp³-hybridized carbons (Fsp3) is 0.222. The Labute approximate surface area is 149 Å². The second-order valence-electron chi connectivity index (χ2n) is 5.75. The first-order valence-electron chi connectivity index (χ1n) is 8.19. The summed E-state index contributed by atoms with van der Waals surface area (Å²) < 4.78 is 2.99. The lowest BCUT2D eigenvalue weighted by Crippen LogP contribution is -2.32. The van der Waals surface area contributed by atoms with Crippen molar-refractivity contribution in [1.82, 2.24) is 19.1 Å². The van der Waals surface area contributed by atoms with Crippen molar-refractivity contribution in [3.8, 4) is 11.6 Å². The zero-order chi connectivity index (χ0) is 18.5. The summed E-state index contributed by atoms with van der Waals surface area (Å²) in [7, 11) is 0. The lowest BCUT2D eigenvalue weighted by atomic mass is 10.2. The van der Waals surface area contributed by atoms with E-state index < -0.39 is 17.1 Å². The number of para-hydroxylation sites is 1. The number of imidazole rings is 1. The third-order valence-corrected chi connectivity index (χ3v) is 3.94. The van der Waals surface area contributed by atoms with Gasteiger partial charge < -0.3 is 9.67 Å². The molecule has 8 nitrogen and oxygen atoms in total. The zero-order valence-electron chi connectivity index (χ0n) is 14.3. The van der Waals surface area contributed by atoms with Crippen LogP contribution in [-0.2, 0) is 6.54 Å². The Hall–Kier alpha value is -3.42. The quantitative estimate of drug-likeness (QED) is 0.515. The summed E-state index contributed by atoms with van der Waals surface area (Å²) in [5.74, 6) is -0.416. The lowest BCUT2D eigenvalue weighted by molar-refractivity contribution is 0.429. The largest absolute Gasteiger partial charge is 0.493 e. The SMILES string of the molecule is CC(=NCCCn1ccnc1)c1c(O)n(-c2ccccc2)c(=O)[nH]c1=O. The van der Waals surface area contributed by atoms with Crippen molar-refractivity contribution in [2.24, 2.45) is 4.99 Å². The molecule has 0 aliphatic carbocycles. The number of aromatic amines is 1. The third kappa shape index (κ3) is 3.64. The van der Waals surface area contributed by atoms with Crippen molar-refractivity contribution >= 4 is 5.71 Å². The molecule has 0 bridgehead atoms. The average Bonchev–Trinajstić information content (AvgIpc) is 3.12. The van der Waals surface area contributed by atoms with Crippen molar-refractivity contribution in [2.45, 2.75) is 19.9 Å². The van der Waals surface area contributed by atoms with Gasteiger partial charge in [-0.15, -0.1) is 0 Å². The van der Waals surface area contributed by atoms with E-state index >= 15 is 0 Å². The van der Waals surface area contributed by atoms with E-state index in [9.17, 15) is 14.7 Å². The van der Waals surface area contributed by atoms with Crippen molar-refractivity contribution in [1.29, 1.82) is 0 Å². The second kappa shape index (κ2) is 7.64. The molecule has 134 valence electrons. The standard InChI is InChI=1S/C18H19N5O3/c1-13(20-8-5-10-22-11-9-19-12-22)15-16(24)21-18(26)23(17(15)25)14-6-3-2-4-7-14/h2-4,6-7,9,11-12,25H,5,8,10H2,1H3,(H,21,24,26). The molecule has 0 atom stereocenters. The fourth-order valence-electron chi connectivity index (χ4n) is 2.67. The van der Waals surface area contributed by atoms with Crippen LogP contribution < -0.4 is 11.2 Å². The number of nitrogens with zero attached hydrogens (tertiary/aromatic N) is 4. The average molecular weight is 353 g/mol. The van der Waals surface area contributed by atoms with Crippen LogP contribution >= 0.6 is 0 Å². The minimum Gasteiger partial charge on any atom is -0.493 e. The van der Waals surface area contributed by atoms with Gasteiger partial charge in [-0.25, -0.2) is 14.3 Å². The highest BCUT2D eigenvalue weighted by Crippen LogP contribution is 2.16. The van der Waals surface area contributed by atoms with Crippen molar-refractivity contribution in [2.75, 3.05) is 6.54 Å². The van der Waals surface area contributed by atoms with Gasteiger partial charge in [0.15, 0.2) is 0 Å². The molecule has 0 unspecified atom stereocenters. The van der Waals surface area contributed by atoms with E-state index in [1.807, 2.05) is 10.8 Å². The number of benzene rings is 1. The van der Waals surface area contributed by atoms with E-state index in [-0.39, 0.29) is 5.56 Å². The van der Waals surface area contributed by atoms with Crippen LogP contribution in [0.1, 0.15) is 18.9 Å². The van der Waals surface area contributed by atoms with E-state index in [1.54, 1.807) is 49.8 Å². The molecule has 2 heterocycles. The fourth-order valence-corrected chi connectivity index (χ4v) is 2.67. The zero-order valence-corrected chi connectivity index (χ0v) is 14.3. The number of aliphatic imine (C=N–C) groups is 1. The van der Waals surface area contributed by atoms with Gasteiger partial charge in [-0.1, -0.05) is 18.2 Å². The predicted molar refractivity (Wildman–Crippen MR) is 98.2 cm³/mol. The van der Waals surface area contributed by atoms with E-state index in [0.717, 1.165) is 17.5 Å². The van der Waals surface area contributed by atoms with Gasteiger partial charge in [0.1, 0.15) is 5.56 Å². The molecule has 0 saturated carbocycles. The molecular weight excluding hydrogens is 334 g/mol. The van der Waals surface area contributed by atoms with E-state index in [1.165, 1.54) is 0 Å². The van der Waals surface area contributed by atoms with Crippen molar-refractivity contribution in [3.05, 3.63) is 75.5 Å². The van der Waals surface area contributed by atoms with Crippen LogP contribution in [0.15, 0.2) is 63.6 Å². The Balaban J connectivity index is 1.88. The predicted octanol–water partition coefficient (Wildman–Crippen LogP) is 1.33. The molecule has 0 saturated heterocycles. The Morgan fingerprint density at radius 2 is 2.04 bits per heavy atom. The number of H-pyrrole nitrogens is 1. The van der Waals surface area contributed by atoms with E-state index in [2.05, 4.69) is 15.0 Å². The van der Waals surface area contributed by atoms with Gasteiger partial charge in [0.05, 0.1) is 12.0 Å². The highest BCUT2D eigenvalue weighted by molar-refractivity contribution is 6.00. The third-order valence-electron chi connectivity index (χ3n) is 3.94. The molecule has 2 aromatic heterocycles. The number of hydrogen-bond donors (Lipinski definition) is 2. The maximum Gasteiger partial charge on any atom is 0.335 e. The summed E-state index contributed by atoms with van der Waals surface area (Å²) in [5, 5.41) is 10.5. The van der Waals surface area contributed by atoms with Crippen LogP contribution in [0.5, 0.6) is 5.88 Å². The maximum atomic E-state index is 12.2. The Morgan fingerprint density at radius 3 is 2.73 bits per heavy atom. The van der Waals surface area contributed by atoms with Gasteiger partial charge in [-0.05, 0) is 25.5 Å². The van der Waals surface area contributed by atoms with Gasteiger partial charge in [-0.2, -0.15) is 0 Å². The van der Waals surface area contributed by atoms with Gasteiger partial charge in [-0.3, -0.25) is 14.8 Å². The Bertz CT molecular complexity index is 1020. The van der Waals surface area contributed by atoms with Crippen LogP contribution in [-0.4, -0.2) is 36.5 Å². The van der Waals surface area contributed by atoms with E-state index in [4.69, 9.17) is 0 Å². The van der Waals surface area contributed by atoms with Crippen LogP contribution in [0.2, 0.25) is 0 Å². The molecule has 26 heavy (non-hydrogen) atoms. The van der Waals surface area contributed by atoms with Gasteiger partial charge in [0.25, 0.3) is 5.56 Å². The molecule has 3 aromatic rings. The Morgan fingerprint density at radius 1 is 1.27 bits per heavy atom. The molecular formula is C18H19N5O3. The number of nitrogens with one attached hydrogen (secondary N) is 1. The summed E-state index contributed by atoms with van der Waals surface area (Å²) in [6.07, 6.45) is 6.05. The van der Waals surface area contributed by atoms with Gasteiger partial charge in [0, 0.05) is 31.2 Å². The van der Waals surface area contributed by atoms with Gasteiger partial charge >= 0.3 is 5.69 Å². The van der Waals surface area contributed by atoms with Crippen molar-refractivity contribution < 1.29 is 5.11 Å². The summed E-state index contributed by atoms with van der Waals surface area (Å²) in [4.78, 5) is 34.9. The molecule has 8 heteroatoms. The molecule has 0 fully saturated rings. The van der Waals surface area contributed by atoms with Crippen LogP contribution in [0.3, 0.4) is 0 Å². The molecule has 0 aliphatic heterocycles. The first-order valence-corrected chi connectivity index (χ1v) is 8.19. The summed E-state index contributed by atoms with van der Waals surface area (Å²) in [6, 6.07) is 8.61. The van der Waals surface area contributed by atoms with E-state index in [0.29, 0.717) is 17.9 Å². The number of aromatic hydroxyl groups is 1. The summed E-state index contributed by atoms with van der Waals surface area (Å²) in [5.41, 5.74) is -0.526. The van der Waals surface area contributed by atoms with Crippen LogP contribution in [0.25, 0.3) is 5.69 Å². The molecule has 0 spiro atoms. The topological polar surface area (TPSA) is 105 Å². The molecule has 0 amide bonds. The maximum absolute atomic E-state index is 12.2. The van der Waals surface area contributed by atoms with Crippen LogP contribution in [0, 0.1) is 0 Å². The monoisotopic (exact) mass is 353 g/mol. The molecule has 1 aromatic carbocycles. The van der Waals surface area contributed by atoms with Crippen molar-refractivity contribution in [3.63, 3.8) is 0 Å². The number of aromatic nitrogens is 4. The second-order valence-corrected chi connectivity index (χ2v) is 5.75. The first-order chi connectivity index (χ1) is 12.6. The number of hydrogen-bond acceptors (Lipinski definition) is 5. The molecule has 3 rings (SSSR count). The summed E-state index contributed by atoms with van der Waals surface area (Å²) in [6.45, 7) is 2.87. The summed E-state index contributed by atoms with van der Waals surface area (Å²) >= 11 is 0. The smallest absolute Gasteiger partial charge is 0.335 e. The van der Waals surface area contributed by atoms with Crippen LogP contribution in [0.4, 0.5) is 0 Å². The first kappa shape index (κ1) is 17.4. The highest BCUT2D eigenvalue weighted by atomic mass is 16.3. The number of rotatable bonds is 6. The number of aryl methyl sites for hydroxylation is 1. The minimum absolute atomic E-state index is 0.00363. The molecule has 0 aliphatic rings. The van der Waals surface area contributed by atoms with Gasteiger partial charge in [0.2, 0.25) is 5.88 Å². The highest BCUT2D eigenvalue weighted by Gasteiger charge is 2.17.